The second kappa shape index (κ2) is 6.13. The Kier molecular flexibility index (Phi) is 5.07. The molecule has 1 aromatic rings. The summed E-state index contributed by atoms with van der Waals surface area (Å²) in [5.74, 6) is 0.827. The van der Waals surface area contributed by atoms with Crippen LogP contribution in [0.3, 0.4) is 0 Å². The van der Waals surface area contributed by atoms with Crippen LogP contribution in [-0.2, 0) is 6.18 Å². The predicted octanol–water partition coefficient (Wildman–Crippen LogP) is 3.32. The summed E-state index contributed by atoms with van der Waals surface area (Å²) < 4.78 is 38.2. The van der Waals surface area contributed by atoms with Crippen LogP contribution < -0.4 is 4.90 Å². The first-order valence-corrected chi connectivity index (χ1v) is 6.66. The van der Waals surface area contributed by atoms with Crippen molar-refractivity contribution in [3.8, 4) is 0 Å². The SMILES string of the molecule is CSCCN(C)c1ccc(C=O)c(C(F)(F)F)c1. The number of carbonyl (C=O) groups is 1. The molecule has 0 radical (unpaired) electrons. The van der Waals surface area contributed by atoms with Crippen molar-refractivity contribution in [3.05, 3.63) is 29.3 Å². The van der Waals surface area contributed by atoms with Gasteiger partial charge in [-0.2, -0.15) is 24.9 Å². The minimum Gasteiger partial charge on any atom is -0.374 e. The Morgan fingerprint density at radius 3 is 2.56 bits per heavy atom. The first kappa shape index (κ1) is 14.9. The fourth-order valence-electron chi connectivity index (χ4n) is 1.49. The first-order valence-electron chi connectivity index (χ1n) is 5.26. The van der Waals surface area contributed by atoms with E-state index in [-0.39, 0.29) is 11.8 Å². The number of nitrogens with zero attached hydrogens (tertiary/aromatic N) is 1. The lowest BCUT2D eigenvalue weighted by molar-refractivity contribution is -0.137. The monoisotopic (exact) mass is 277 g/mol. The van der Waals surface area contributed by atoms with Crippen LogP contribution >= 0.6 is 11.8 Å². The Morgan fingerprint density at radius 1 is 1.39 bits per heavy atom. The molecular formula is C12H14F3NOS. The molecule has 0 fully saturated rings. The number of aldehydes is 1. The number of anilines is 1. The van der Waals surface area contributed by atoms with Gasteiger partial charge in [-0.1, -0.05) is 0 Å². The van der Waals surface area contributed by atoms with E-state index in [2.05, 4.69) is 0 Å². The van der Waals surface area contributed by atoms with Crippen molar-refractivity contribution < 1.29 is 18.0 Å². The molecule has 0 aliphatic heterocycles. The third-order valence-corrected chi connectivity index (χ3v) is 3.13. The number of alkyl halides is 3. The van der Waals surface area contributed by atoms with Gasteiger partial charge >= 0.3 is 6.18 Å². The van der Waals surface area contributed by atoms with Gasteiger partial charge in [0.05, 0.1) is 5.56 Å². The van der Waals surface area contributed by atoms with E-state index >= 15 is 0 Å². The van der Waals surface area contributed by atoms with Gasteiger partial charge in [-0.05, 0) is 24.5 Å². The number of hydrogen-bond donors (Lipinski definition) is 0. The maximum atomic E-state index is 12.7. The minimum atomic E-state index is -4.51. The summed E-state index contributed by atoms with van der Waals surface area (Å²) in [5.41, 5.74) is -0.752. The molecule has 0 unspecified atom stereocenters. The highest BCUT2D eigenvalue weighted by atomic mass is 32.2. The van der Waals surface area contributed by atoms with Gasteiger partial charge < -0.3 is 4.90 Å². The average Bonchev–Trinajstić information content (AvgIpc) is 2.34. The van der Waals surface area contributed by atoms with Crippen LogP contribution in [0.4, 0.5) is 18.9 Å². The van der Waals surface area contributed by atoms with E-state index in [0.717, 1.165) is 11.8 Å². The van der Waals surface area contributed by atoms with Crippen molar-refractivity contribution >= 4 is 23.7 Å². The number of benzene rings is 1. The van der Waals surface area contributed by atoms with Crippen LogP contribution in [0.2, 0.25) is 0 Å². The zero-order valence-corrected chi connectivity index (χ0v) is 10.9. The zero-order valence-electron chi connectivity index (χ0n) is 10.1. The van der Waals surface area contributed by atoms with E-state index < -0.39 is 11.7 Å². The van der Waals surface area contributed by atoms with Crippen molar-refractivity contribution in [1.82, 2.24) is 0 Å². The maximum Gasteiger partial charge on any atom is 0.417 e. The Hall–Kier alpha value is -1.17. The van der Waals surface area contributed by atoms with Crippen LogP contribution in [0.1, 0.15) is 15.9 Å². The number of rotatable bonds is 5. The molecule has 0 heterocycles. The van der Waals surface area contributed by atoms with Gasteiger partial charge in [-0.3, -0.25) is 4.79 Å². The van der Waals surface area contributed by atoms with E-state index in [1.165, 1.54) is 12.1 Å². The predicted molar refractivity (Wildman–Crippen MR) is 68.5 cm³/mol. The van der Waals surface area contributed by atoms with Gasteiger partial charge in [0.1, 0.15) is 0 Å². The van der Waals surface area contributed by atoms with Gasteiger partial charge in [0.15, 0.2) is 6.29 Å². The topological polar surface area (TPSA) is 20.3 Å². The lowest BCUT2D eigenvalue weighted by atomic mass is 10.1. The molecule has 0 atom stereocenters. The molecule has 0 aliphatic rings. The van der Waals surface area contributed by atoms with Crippen LogP contribution in [0.25, 0.3) is 0 Å². The molecule has 0 aliphatic carbocycles. The standard InChI is InChI=1S/C12H14F3NOS/c1-16(5-6-18-2)10-4-3-9(8-17)11(7-10)12(13,14)15/h3-4,7-8H,5-6H2,1-2H3. The lowest BCUT2D eigenvalue weighted by Crippen LogP contribution is -2.21. The summed E-state index contributed by atoms with van der Waals surface area (Å²) in [6.07, 6.45) is -2.34. The summed E-state index contributed by atoms with van der Waals surface area (Å²) >= 11 is 1.62. The molecule has 100 valence electrons. The highest BCUT2D eigenvalue weighted by Gasteiger charge is 2.33. The van der Waals surface area contributed by atoms with Crippen LogP contribution in [0.15, 0.2) is 18.2 Å². The summed E-state index contributed by atoms with van der Waals surface area (Å²) in [6.45, 7) is 0.652. The average molecular weight is 277 g/mol. The first-order chi connectivity index (χ1) is 8.40. The second-order valence-electron chi connectivity index (χ2n) is 3.80. The summed E-state index contributed by atoms with van der Waals surface area (Å²) in [7, 11) is 1.73. The summed E-state index contributed by atoms with van der Waals surface area (Å²) in [4.78, 5) is 12.3. The molecule has 0 amide bonds. The van der Waals surface area contributed by atoms with Crippen molar-refractivity contribution in [3.63, 3.8) is 0 Å². The molecular weight excluding hydrogens is 263 g/mol. The van der Waals surface area contributed by atoms with Crippen molar-refractivity contribution in [2.45, 2.75) is 6.18 Å². The van der Waals surface area contributed by atoms with Gasteiger partial charge in [-0.15, -0.1) is 0 Å². The molecule has 1 rings (SSSR count). The smallest absolute Gasteiger partial charge is 0.374 e. The molecule has 0 saturated heterocycles. The van der Waals surface area contributed by atoms with E-state index in [4.69, 9.17) is 0 Å². The van der Waals surface area contributed by atoms with Crippen molar-refractivity contribution in [2.75, 3.05) is 30.5 Å². The molecule has 0 bridgehead atoms. The lowest BCUT2D eigenvalue weighted by Gasteiger charge is -2.20. The van der Waals surface area contributed by atoms with E-state index in [9.17, 15) is 18.0 Å². The number of halogens is 3. The molecule has 0 spiro atoms. The Balaban J connectivity index is 3.06. The Bertz CT molecular complexity index is 420. The van der Waals surface area contributed by atoms with Crippen LogP contribution in [-0.4, -0.2) is 31.9 Å². The Labute approximate surface area is 108 Å². The van der Waals surface area contributed by atoms with Crippen LogP contribution in [0, 0.1) is 0 Å². The van der Waals surface area contributed by atoms with Gasteiger partial charge in [0.2, 0.25) is 0 Å². The number of thioether (sulfide) groups is 1. The fourth-order valence-corrected chi connectivity index (χ4v) is 1.94. The fraction of sp³-hybridized carbons (Fsp3) is 0.417. The molecule has 18 heavy (non-hydrogen) atoms. The third kappa shape index (κ3) is 3.66. The summed E-state index contributed by atoms with van der Waals surface area (Å²) in [5, 5.41) is 0. The number of hydrogen-bond acceptors (Lipinski definition) is 3. The van der Waals surface area contributed by atoms with E-state index in [1.807, 2.05) is 6.26 Å². The number of carbonyl (C=O) groups excluding carboxylic acids is 1. The van der Waals surface area contributed by atoms with E-state index in [1.54, 1.807) is 23.7 Å². The van der Waals surface area contributed by atoms with Crippen molar-refractivity contribution in [1.29, 1.82) is 0 Å². The molecule has 2 nitrogen and oxygen atoms in total. The quantitative estimate of drug-likeness (QED) is 0.770. The maximum absolute atomic E-state index is 12.7. The van der Waals surface area contributed by atoms with Crippen LogP contribution in [0.5, 0.6) is 0 Å². The third-order valence-electron chi connectivity index (χ3n) is 2.54. The highest BCUT2D eigenvalue weighted by molar-refractivity contribution is 7.98. The molecule has 0 N–H and O–H groups in total. The minimum absolute atomic E-state index is 0.231. The van der Waals surface area contributed by atoms with Gasteiger partial charge in [0, 0.05) is 30.6 Å². The molecule has 1 aromatic carbocycles. The van der Waals surface area contributed by atoms with E-state index in [0.29, 0.717) is 12.2 Å². The summed E-state index contributed by atoms with van der Waals surface area (Å²) in [6, 6.07) is 3.75. The normalized spacial score (nSPS) is 11.4. The largest absolute Gasteiger partial charge is 0.417 e. The zero-order chi connectivity index (χ0) is 13.8. The highest BCUT2D eigenvalue weighted by Crippen LogP contribution is 2.33. The molecule has 6 heteroatoms. The second-order valence-corrected chi connectivity index (χ2v) is 4.79. The molecule has 0 saturated carbocycles. The van der Waals surface area contributed by atoms with Gasteiger partial charge in [-0.25, -0.2) is 0 Å². The molecule has 0 aromatic heterocycles. The van der Waals surface area contributed by atoms with Gasteiger partial charge in [0.25, 0.3) is 0 Å². The van der Waals surface area contributed by atoms with Crippen molar-refractivity contribution in [2.24, 2.45) is 0 Å². The Morgan fingerprint density at radius 2 is 2.06 bits per heavy atom.